The second-order valence-electron chi connectivity index (χ2n) is 5.90. The third kappa shape index (κ3) is 3.29. The molecule has 4 aromatic rings. The van der Waals surface area contributed by atoms with Gasteiger partial charge in [-0.3, -0.25) is 0 Å². The lowest BCUT2D eigenvalue weighted by Gasteiger charge is -2.07. The number of thiazole rings is 1. The van der Waals surface area contributed by atoms with Crippen molar-refractivity contribution < 1.29 is 4.57 Å². The van der Waals surface area contributed by atoms with Crippen molar-refractivity contribution in [3.63, 3.8) is 0 Å². The molecule has 6 heteroatoms. The van der Waals surface area contributed by atoms with Crippen molar-refractivity contribution in [3.05, 3.63) is 77.7 Å². The Morgan fingerprint density at radius 1 is 1.24 bits per heavy atom. The molecule has 0 aliphatic carbocycles. The van der Waals surface area contributed by atoms with Gasteiger partial charge in [0, 0.05) is 35.9 Å². The molecule has 0 amide bonds. The quantitative estimate of drug-likeness (QED) is 0.350. The van der Waals surface area contributed by atoms with E-state index in [1.807, 2.05) is 24.6 Å². The highest BCUT2D eigenvalue weighted by molar-refractivity contribution is 7.13. The average molecular weight is 348 g/mol. The lowest BCUT2D eigenvalue weighted by Crippen LogP contribution is -2.25. The summed E-state index contributed by atoms with van der Waals surface area (Å²) in [6.45, 7) is 0.820. The zero-order valence-corrected chi connectivity index (χ0v) is 14.6. The van der Waals surface area contributed by atoms with Gasteiger partial charge in [-0.2, -0.15) is 0 Å². The Balaban J connectivity index is 1.56. The summed E-state index contributed by atoms with van der Waals surface area (Å²) in [6, 6.07) is 12.5. The summed E-state index contributed by atoms with van der Waals surface area (Å²) >= 11 is 1.47. The first-order chi connectivity index (χ1) is 12.2. The first-order valence-corrected chi connectivity index (χ1v) is 8.84. The van der Waals surface area contributed by atoms with Gasteiger partial charge in [-0.1, -0.05) is 24.3 Å². The van der Waals surface area contributed by atoms with E-state index in [4.69, 9.17) is 5.73 Å². The van der Waals surface area contributed by atoms with E-state index in [1.54, 1.807) is 6.20 Å². The van der Waals surface area contributed by atoms with E-state index in [1.165, 1.54) is 27.8 Å². The van der Waals surface area contributed by atoms with E-state index in [2.05, 4.69) is 62.0 Å². The van der Waals surface area contributed by atoms with E-state index >= 15 is 0 Å². The minimum absolute atomic E-state index is 0.486. The molecule has 3 aromatic heterocycles. The molecule has 0 saturated carbocycles. The van der Waals surface area contributed by atoms with Crippen molar-refractivity contribution in [2.24, 2.45) is 17.8 Å². The van der Waals surface area contributed by atoms with Crippen LogP contribution >= 0.6 is 11.3 Å². The number of nitrogens with zero attached hydrogens (tertiary/aromatic N) is 4. The fourth-order valence-corrected chi connectivity index (χ4v) is 3.32. The predicted octanol–water partition coefficient (Wildman–Crippen LogP) is 3.01. The molecule has 0 radical (unpaired) electrons. The number of fused-ring (bicyclic) bond motifs is 1. The SMILES string of the molecule is C[n+]1ccc2c(ccn2Cc2ccc(C(N)=Nc3nccs3)cc2)c1. The van der Waals surface area contributed by atoms with E-state index in [0.717, 1.165) is 12.1 Å². The van der Waals surface area contributed by atoms with E-state index in [-0.39, 0.29) is 0 Å². The summed E-state index contributed by atoms with van der Waals surface area (Å²) < 4.78 is 4.31. The topological polar surface area (TPSA) is 60.1 Å². The number of rotatable bonds is 4. The smallest absolute Gasteiger partial charge is 0.210 e. The second-order valence-corrected chi connectivity index (χ2v) is 6.78. The Morgan fingerprint density at radius 2 is 2.08 bits per heavy atom. The first-order valence-electron chi connectivity index (χ1n) is 7.96. The Morgan fingerprint density at radius 3 is 2.84 bits per heavy atom. The van der Waals surface area contributed by atoms with Crippen molar-refractivity contribution in [2.75, 3.05) is 0 Å². The van der Waals surface area contributed by atoms with Gasteiger partial charge in [-0.15, -0.1) is 11.3 Å². The van der Waals surface area contributed by atoms with Crippen LogP contribution in [0.3, 0.4) is 0 Å². The van der Waals surface area contributed by atoms with Gasteiger partial charge < -0.3 is 10.3 Å². The van der Waals surface area contributed by atoms with Gasteiger partial charge in [-0.25, -0.2) is 14.5 Å². The molecule has 2 N–H and O–H groups in total. The molecule has 124 valence electrons. The molecule has 25 heavy (non-hydrogen) atoms. The molecule has 0 aliphatic heterocycles. The number of nitrogens with two attached hydrogens (primary N) is 1. The molecule has 3 heterocycles. The van der Waals surface area contributed by atoms with Gasteiger partial charge >= 0.3 is 0 Å². The molecule has 0 fully saturated rings. The lowest BCUT2D eigenvalue weighted by molar-refractivity contribution is -0.670. The number of amidine groups is 1. The van der Waals surface area contributed by atoms with E-state index in [9.17, 15) is 0 Å². The van der Waals surface area contributed by atoms with Crippen LogP contribution in [0.5, 0.6) is 0 Å². The van der Waals surface area contributed by atoms with Gasteiger partial charge in [0.2, 0.25) is 5.13 Å². The Hall–Kier alpha value is -2.99. The fraction of sp³-hybridized carbons (Fsp3) is 0.105. The number of pyridine rings is 1. The third-order valence-electron chi connectivity index (χ3n) is 4.09. The highest BCUT2D eigenvalue weighted by atomic mass is 32.1. The Bertz CT molecular complexity index is 1030. The highest BCUT2D eigenvalue weighted by Gasteiger charge is 2.06. The molecule has 5 nitrogen and oxygen atoms in total. The maximum Gasteiger partial charge on any atom is 0.210 e. The Labute approximate surface area is 149 Å². The van der Waals surface area contributed by atoms with Gasteiger partial charge in [-0.05, 0) is 11.6 Å². The molecule has 0 unspecified atom stereocenters. The zero-order valence-electron chi connectivity index (χ0n) is 13.8. The number of aryl methyl sites for hydroxylation is 1. The summed E-state index contributed by atoms with van der Waals surface area (Å²) in [5, 5.41) is 3.80. The fourth-order valence-electron chi connectivity index (χ4n) is 2.81. The molecule has 4 rings (SSSR count). The minimum atomic E-state index is 0.486. The molecular weight excluding hydrogens is 330 g/mol. The number of aromatic nitrogens is 3. The summed E-state index contributed by atoms with van der Waals surface area (Å²) in [7, 11) is 2.03. The highest BCUT2D eigenvalue weighted by Crippen LogP contribution is 2.17. The zero-order chi connectivity index (χ0) is 17.2. The monoisotopic (exact) mass is 348 g/mol. The van der Waals surface area contributed by atoms with Crippen LogP contribution in [0.1, 0.15) is 11.1 Å². The van der Waals surface area contributed by atoms with Crippen LogP contribution < -0.4 is 10.3 Å². The number of benzene rings is 1. The first kappa shape index (κ1) is 15.5. The number of hydrogen-bond acceptors (Lipinski definition) is 3. The van der Waals surface area contributed by atoms with Crippen LogP contribution in [-0.2, 0) is 13.6 Å². The summed E-state index contributed by atoms with van der Waals surface area (Å²) in [5.74, 6) is 0.486. The molecule has 0 bridgehead atoms. The molecule has 0 aliphatic rings. The van der Waals surface area contributed by atoms with Crippen LogP contribution in [-0.4, -0.2) is 15.4 Å². The van der Waals surface area contributed by atoms with E-state index < -0.39 is 0 Å². The Kier molecular flexibility index (Phi) is 4.03. The van der Waals surface area contributed by atoms with Crippen LogP contribution in [0.2, 0.25) is 0 Å². The largest absolute Gasteiger partial charge is 0.383 e. The second kappa shape index (κ2) is 6.49. The average Bonchev–Trinajstić information content (AvgIpc) is 3.25. The third-order valence-corrected chi connectivity index (χ3v) is 4.75. The summed E-state index contributed by atoms with van der Waals surface area (Å²) in [4.78, 5) is 8.47. The van der Waals surface area contributed by atoms with Crippen LogP contribution in [0, 0.1) is 0 Å². The minimum Gasteiger partial charge on any atom is -0.383 e. The molecule has 0 spiro atoms. The maximum absolute atomic E-state index is 6.07. The molecular formula is C19H18N5S+. The number of aliphatic imine (C=N–C) groups is 1. The van der Waals surface area contributed by atoms with Crippen LogP contribution in [0.25, 0.3) is 10.9 Å². The lowest BCUT2D eigenvalue weighted by atomic mass is 10.1. The maximum atomic E-state index is 6.07. The molecule has 0 atom stereocenters. The predicted molar refractivity (Wildman–Crippen MR) is 101 cm³/mol. The van der Waals surface area contributed by atoms with Gasteiger partial charge in [0.05, 0.1) is 10.9 Å². The van der Waals surface area contributed by atoms with Crippen molar-refractivity contribution in [3.8, 4) is 0 Å². The van der Waals surface area contributed by atoms with E-state index in [0.29, 0.717) is 11.0 Å². The van der Waals surface area contributed by atoms with Gasteiger partial charge in [0.25, 0.3) is 0 Å². The molecule has 1 aromatic carbocycles. The number of hydrogen-bond donors (Lipinski definition) is 1. The summed E-state index contributed by atoms with van der Waals surface area (Å²) in [6.07, 6.45) is 8.04. The normalized spacial score (nSPS) is 12.0. The van der Waals surface area contributed by atoms with Crippen molar-refractivity contribution in [1.29, 1.82) is 0 Å². The summed E-state index contributed by atoms with van der Waals surface area (Å²) in [5.41, 5.74) is 9.42. The van der Waals surface area contributed by atoms with Crippen molar-refractivity contribution in [1.82, 2.24) is 9.55 Å². The molecule has 0 saturated heterocycles. The standard InChI is InChI=1S/C19H18N5S/c1-23-9-7-17-16(13-23)6-10-24(17)12-14-2-4-15(5-3-14)18(20)22-19-21-8-11-25-19/h2-11,13H,12H2,1H3,(H2,20,21,22)/q+1. The van der Waals surface area contributed by atoms with Gasteiger partial charge in [0.1, 0.15) is 12.9 Å². The van der Waals surface area contributed by atoms with Crippen molar-refractivity contribution in [2.45, 2.75) is 6.54 Å². The van der Waals surface area contributed by atoms with Crippen molar-refractivity contribution >= 4 is 33.2 Å². The van der Waals surface area contributed by atoms with Crippen LogP contribution in [0.4, 0.5) is 5.13 Å². The van der Waals surface area contributed by atoms with Gasteiger partial charge in [0.15, 0.2) is 12.4 Å². The van der Waals surface area contributed by atoms with Crippen LogP contribution in [0.15, 0.2) is 71.6 Å².